The van der Waals surface area contributed by atoms with E-state index in [-0.39, 0.29) is 31.5 Å². The van der Waals surface area contributed by atoms with Gasteiger partial charge in [0, 0.05) is 12.0 Å². The topological polar surface area (TPSA) is 94.3 Å². The van der Waals surface area contributed by atoms with Crippen LogP contribution in [0.5, 0.6) is 0 Å². The summed E-state index contributed by atoms with van der Waals surface area (Å²) in [5.41, 5.74) is 2.40. The Hall–Kier alpha value is -0.670. The highest BCUT2D eigenvalue weighted by Gasteiger charge is 2.38. The van der Waals surface area contributed by atoms with Crippen molar-refractivity contribution in [1.82, 2.24) is 10.4 Å². The minimum atomic E-state index is -0.962. The van der Waals surface area contributed by atoms with E-state index in [4.69, 9.17) is 22.8 Å². The number of rotatable bonds is 6. The molecule has 3 unspecified atom stereocenters. The second-order valence-corrected chi connectivity index (χ2v) is 4.46. The zero-order valence-electron chi connectivity index (χ0n) is 9.55. The lowest BCUT2D eigenvalue weighted by Crippen LogP contribution is -3.18. The standard InChI is InChI=1S/C9H17N3O4S/c1-6(14)4-7-11(5-8(15)16)9(17)10-12(7)2-3-13/h7,9-10,13,17H,2-5H2,1H3,(H,15,16). The lowest BCUT2D eigenvalue weighted by molar-refractivity contribution is -0.920. The van der Waals surface area contributed by atoms with Crippen LogP contribution < -0.4 is 10.3 Å². The van der Waals surface area contributed by atoms with Crippen molar-refractivity contribution >= 4 is 24.4 Å². The van der Waals surface area contributed by atoms with Gasteiger partial charge in [0.1, 0.15) is 5.78 Å². The molecule has 0 spiro atoms. The van der Waals surface area contributed by atoms with Gasteiger partial charge in [0.05, 0.1) is 13.0 Å². The Morgan fingerprint density at radius 2 is 2.18 bits per heavy atom. The van der Waals surface area contributed by atoms with Crippen molar-refractivity contribution in [3.8, 4) is 0 Å². The number of carbonyl (C=O) groups excluding carboxylic acids is 1. The number of nitrogens with zero attached hydrogens (tertiary/aromatic N) is 1. The number of aliphatic carboxylic acids is 1. The first-order valence-corrected chi connectivity index (χ1v) is 5.79. The molecule has 0 aromatic heterocycles. The number of quaternary nitrogens is 1. The van der Waals surface area contributed by atoms with E-state index in [9.17, 15) is 9.59 Å². The number of ketones is 1. The molecule has 98 valence electrons. The molecule has 4 N–H and O–H groups in total. The Morgan fingerprint density at radius 1 is 1.53 bits per heavy atom. The first-order valence-electron chi connectivity index (χ1n) is 5.32. The molecule has 0 amide bonds. The summed E-state index contributed by atoms with van der Waals surface area (Å²) in [5, 5.41) is 19.4. The normalized spacial score (nSPS) is 29.5. The Kier molecular flexibility index (Phi) is 5.34. The van der Waals surface area contributed by atoms with Crippen LogP contribution in [0.1, 0.15) is 13.3 Å². The molecule has 0 aromatic rings. The second-order valence-electron chi connectivity index (χ2n) is 3.99. The third kappa shape index (κ3) is 3.93. The summed E-state index contributed by atoms with van der Waals surface area (Å²) in [6, 6.07) is 0. The van der Waals surface area contributed by atoms with Crippen molar-refractivity contribution in [2.75, 3.05) is 19.7 Å². The van der Waals surface area contributed by atoms with E-state index in [1.54, 1.807) is 5.01 Å². The summed E-state index contributed by atoms with van der Waals surface area (Å²) in [4.78, 5) is 22.5. The summed E-state index contributed by atoms with van der Waals surface area (Å²) < 4.78 is 0. The zero-order valence-corrected chi connectivity index (χ0v) is 10.4. The number of carboxylic acid groups (broad SMARTS) is 1. The van der Waals surface area contributed by atoms with Crippen molar-refractivity contribution in [3.63, 3.8) is 0 Å². The fraction of sp³-hybridized carbons (Fsp3) is 0.778. The number of β-amino-alcohol motifs (C(OH)–C–C–N with tert-alkyl or cyclic N) is 1. The van der Waals surface area contributed by atoms with Gasteiger partial charge in [-0.3, -0.25) is 4.79 Å². The smallest absolute Gasteiger partial charge is 0.359 e. The lowest BCUT2D eigenvalue weighted by atomic mass is 10.2. The van der Waals surface area contributed by atoms with Crippen molar-refractivity contribution in [1.29, 1.82) is 0 Å². The molecule has 17 heavy (non-hydrogen) atoms. The summed E-state index contributed by atoms with van der Waals surface area (Å²) in [6.07, 6.45) is -0.124. The number of hydrogen-bond donors (Lipinski definition) is 4. The van der Waals surface area contributed by atoms with Crippen LogP contribution in [0.3, 0.4) is 0 Å². The molecule has 0 radical (unpaired) electrons. The molecule has 7 nitrogen and oxygen atoms in total. The summed E-state index contributed by atoms with van der Waals surface area (Å²) in [6.45, 7) is 1.53. The second kappa shape index (κ2) is 6.31. The highest BCUT2D eigenvalue weighted by atomic mass is 32.1. The van der Waals surface area contributed by atoms with Crippen LogP contribution in [0.2, 0.25) is 0 Å². The number of hydrazine groups is 1. The summed E-state index contributed by atoms with van der Waals surface area (Å²) >= 11 is 5.12. The summed E-state index contributed by atoms with van der Waals surface area (Å²) in [7, 11) is 0. The number of hydrogen-bond acceptors (Lipinski definition) is 6. The van der Waals surface area contributed by atoms with E-state index < -0.39 is 11.5 Å². The van der Waals surface area contributed by atoms with Crippen LogP contribution in [-0.4, -0.2) is 58.3 Å². The minimum absolute atomic E-state index is 0.0354. The first kappa shape index (κ1) is 14.4. The Labute approximate surface area is 105 Å². The van der Waals surface area contributed by atoms with E-state index in [1.807, 2.05) is 0 Å². The van der Waals surface area contributed by atoms with Gasteiger partial charge in [0.2, 0.25) is 0 Å². The maximum Gasteiger partial charge on any atom is 0.359 e. The van der Waals surface area contributed by atoms with Gasteiger partial charge in [0.15, 0.2) is 12.7 Å². The van der Waals surface area contributed by atoms with Gasteiger partial charge in [-0.25, -0.2) is 10.2 Å². The van der Waals surface area contributed by atoms with E-state index in [1.165, 1.54) is 6.92 Å². The van der Waals surface area contributed by atoms with Crippen LogP contribution in [0.25, 0.3) is 0 Å². The number of Topliss-reactive ketones (excluding diaryl/α,β-unsaturated/α-hetero) is 1. The quantitative estimate of drug-likeness (QED) is 0.377. The van der Waals surface area contributed by atoms with E-state index in [0.29, 0.717) is 11.4 Å². The van der Waals surface area contributed by atoms with E-state index >= 15 is 0 Å². The Balaban J connectivity index is 2.76. The molecule has 1 fully saturated rings. The number of carbonyl (C=O) groups is 2. The highest BCUT2D eigenvalue weighted by molar-refractivity contribution is 7.59. The van der Waals surface area contributed by atoms with Gasteiger partial charge in [0.25, 0.3) is 0 Å². The summed E-state index contributed by atoms with van der Waals surface area (Å²) in [5.74, 6) is -0.997. The number of aliphatic hydroxyl groups is 1. The van der Waals surface area contributed by atoms with Crippen molar-refractivity contribution in [3.05, 3.63) is 0 Å². The molecule has 1 aliphatic rings. The van der Waals surface area contributed by atoms with E-state index in [0.717, 1.165) is 0 Å². The fourth-order valence-corrected chi connectivity index (χ4v) is 2.30. The molecular formula is C9H17N3O4S. The van der Waals surface area contributed by atoms with Gasteiger partial charge in [-0.05, 0) is 6.92 Å². The van der Waals surface area contributed by atoms with Gasteiger partial charge >= 0.3 is 5.97 Å². The van der Waals surface area contributed by atoms with Crippen LogP contribution in [0, 0.1) is 0 Å². The first-order chi connectivity index (χ1) is 7.95. The number of aliphatic hydroxyl groups excluding tert-OH is 1. The third-order valence-corrected chi connectivity index (χ3v) is 3.01. The molecule has 0 aliphatic carbocycles. The molecule has 1 aliphatic heterocycles. The van der Waals surface area contributed by atoms with Gasteiger partial charge in [-0.2, -0.15) is 5.01 Å². The highest BCUT2D eigenvalue weighted by Crippen LogP contribution is 2.02. The van der Waals surface area contributed by atoms with Crippen LogP contribution in [0.15, 0.2) is 0 Å². The monoisotopic (exact) mass is 263 g/mol. The van der Waals surface area contributed by atoms with Gasteiger partial charge < -0.3 is 27.7 Å². The van der Waals surface area contributed by atoms with E-state index in [2.05, 4.69) is 5.43 Å². The Bertz CT molecular complexity index is 302. The molecule has 0 aromatic carbocycles. The largest absolute Gasteiger partial charge is 0.709 e. The van der Waals surface area contributed by atoms with Crippen molar-refractivity contribution in [2.45, 2.75) is 25.0 Å². The van der Waals surface area contributed by atoms with Crippen molar-refractivity contribution in [2.24, 2.45) is 0 Å². The Morgan fingerprint density at radius 3 is 2.65 bits per heavy atom. The zero-order chi connectivity index (χ0) is 13.0. The third-order valence-electron chi connectivity index (χ3n) is 2.60. The minimum Gasteiger partial charge on any atom is -0.709 e. The maximum atomic E-state index is 11.2. The predicted molar refractivity (Wildman–Crippen MR) is 60.6 cm³/mol. The molecule has 1 rings (SSSR count). The lowest BCUT2D eigenvalue weighted by Gasteiger charge is -2.27. The van der Waals surface area contributed by atoms with Crippen molar-refractivity contribution < 1.29 is 24.7 Å². The number of nitrogens with one attached hydrogen (secondary N) is 2. The maximum absolute atomic E-state index is 11.2. The molecule has 8 heteroatoms. The number of carboxylic acids is 1. The fourth-order valence-electron chi connectivity index (χ4n) is 1.93. The molecule has 0 saturated carbocycles. The van der Waals surface area contributed by atoms with Crippen LogP contribution >= 0.6 is 0 Å². The average molecular weight is 263 g/mol. The van der Waals surface area contributed by atoms with Gasteiger partial charge in [-0.15, -0.1) is 0 Å². The molecule has 3 atom stereocenters. The molecule has 0 bridgehead atoms. The average Bonchev–Trinajstić information content (AvgIpc) is 2.45. The molecule has 1 heterocycles. The SMILES string of the molecule is CC(=O)CC1N(CCO)NC([S-])[NH+]1CC(=O)O. The molecule has 1 saturated heterocycles. The van der Waals surface area contributed by atoms with Crippen LogP contribution in [0.4, 0.5) is 0 Å². The predicted octanol–water partition coefficient (Wildman–Crippen LogP) is -3.10. The van der Waals surface area contributed by atoms with Crippen LogP contribution in [-0.2, 0) is 22.2 Å². The van der Waals surface area contributed by atoms with Gasteiger partial charge in [-0.1, -0.05) is 0 Å². The molecular weight excluding hydrogens is 246 g/mol.